The van der Waals surface area contributed by atoms with Gasteiger partial charge in [-0.05, 0) is 35.4 Å². The van der Waals surface area contributed by atoms with Gasteiger partial charge in [-0.2, -0.15) is 10.1 Å². The van der Waals surface area contributed by atoms with Crippen molar-refractivity contribution >= 4 is 22.8 Å². The van der Waals surface area contributed by atoms with Crippen LogP contribution in [0.25, 0.3) is 39.2 Å². The quantitative estimate of drug-likeness (QED) is 0.364. The topological polar surface area (TPSA) is 107 Å². The molecule has 2 aliphatic rings. The third-order valence-corrected chi connectivity index (χ3v) is 7.07. The van der Waals surface area contributed by atoms with E-state index in [0.717, 1.165) is 22.4 Å². The van der Waals surface area contributed by atoms with Crippen molar-refractivity contribution < 1.29 is 19.3 Å². The molecule has 1 unspecified atom stereocenters. The lowest BCUT2D eigenvalue weighted by Crippen LogP contribution is -2.34. The molecule has 9 nitrogen and oxygen atoms in total. The zero-order chi connectivity index (χ0) is 24.9. The number of nitrogens with one attached hydrogen (secondary N) is 1. The van der Waals surface area contributed by atoms with Crippen LogP contribution < -0.4 is 4.74 Å². The van der Waals surface area contributed by atoms with E-state index in [1.807, 2.05) is 53.3 Å². The van der Waals surface area contributed by atoms with Gasteiger partial charge in [-0.25, -0.2) is 9.67 Å². The van der Waals surface area contributed by atoms with Crippen molar-refractivity contribution in [3.8, 4) is 34.1 Å². The number of nitrogens with zero attached hydrogens (tertiary/aromatic N) is 4. The molecule has 0 bridgehead atoms. The molecule has 37 heavy (non-hydrogen) atoms. The Morgan fingerprint density at radius 1 is 0.946 bits per heavy atom. The van der Waals surface area contributed by atoms with Gasteiger partial charge in [0.25, 0.3) is 6.01 Å². The number of rotatable bonds is 5. The standard InChI is InChI=1S/C27H22ClN5O4/c28-19-12-20-26(32-27(30-20)37-22-14-36-24-21(34)13-35-25(22)24)31-23(19)17-4-2-15(3-5-17)16-6-8-18(9-7-16)33-11-1-10-29-33/h1-12,21-22,24-25,34H,13-14H2,(H,30,31,32)/t21-,22-,24?,25-/m1/s1. The molecule has 2 fully saturated rings. The van der Waals surface area contributed by atoms with Crippen LogP contribution in [-0.4, -0.2) is 67.5 Å². The van der Waals surface area contributed by atoms with Gasteiger partial charge in [-0.15, -0.1) is 0 Å². The Labute approximate surface area is 216 Å². The van der Waals surface area contributed by atoms with Crippen LogP contribution in [0.3, 0.4) is 0 Å². The van der Waals surface area contributed by atoms with Crippen molar-refractivity contribution in [3.05, 3.63) is 78.1 Å². The summed E-state index contributed by atoms with van der Waals surface area (Å²) in [5.41, 5.74) is 5.87. The van der Waals surface area contributed by atoms with Crippen LogP contribution in [-0.2, 0) is 9.47 Å². The second-order valence-corrected chi connectivity index (χ2v) is 9.53. The number of H-pyrrole nitrogens is 1. The fourth-order valence-electron chi connectivity index (χ4n) is 4.89. The highest BCUT2D eigenvalue weighted by Gasteiger charge is 2.48. The molecule has 7 rings (SSSR count). The van der Waals surface area contributed by atoms with Crippen LogP contribution in [0.2, 0.25) is 5.02 Å². The predicted molar refractivity (Wildman–Crippen MR) is 137 cm³/mol. The first kappa shape index (κ1) is 22.4. The molecule has 10 heteroatoms. The Kier molecular flexibility index (Phi) is 5.44. The number of imidazole rings is 1. The maximum absolute atomic E-state index is 9.94. The van der Waals surface area contributed by atoms with Crippen molar-refractivity contribution in [3.63, 3.8) is 0 Å². The molecule has 4 atom stereocenters. The molecular weight excluding hydrogens is 494 g/mol. The Balaban J connectivity index is 1.11. The number of benzene rings is 2. The second-order valence-electron chi connectivity index (χ2n) is 9.13. The Bertz CT molecular complexity index is 1550. The molecule has 0 spiro atoms. The van der Waals surface area contributed by atoms with E-state index < -0.39 is 6.10 Å². The lowest BCUT2D eigenvalue weighted by Gasteiger charge is -2.15. The summed E-state index contributed by atoms with van der Waals surface area (Å²) in [6.07, 6.45) is 1.99. The number of aliphatic hydroxyl groups excluding tert-OH is 1. The first-order valence-corrected chi connectivity index (χ1v) is 12.4. The number of aromatic nitrogens is 5. The Hall–Kier alpha value is -3.76. The van der Waals surface area contributed by atoms with Crippen molar-refractivity contribution in [2.24, 2.45) is 0 Å². The fourth-order valence-corrected chi connectivity index (χ4v) is 5.15. The predicted octanol–water partition coefficient (Wildman–Crippen LogP) is 4.04. The SMILES string of the molecule is O[C@@H]1CO[C@H]2C1OC[C@H]2Oc1nc2nc(-c3ccc(-c4ccc(-n5cccn5)cc4)cc3)c(Cl)cc2[nH]1. The molecule has 0 aliphatic carbocycles. The molecule has 0 radical (unpaired) electrons. The normalized spacial score (nSPS) is 23.0. The van der Waals surface area contributed by atoms with E-state index in [0.29, 0.717) is 34.5 Å². The van der Waals surface area contributed by atoms with E-state index in [1.54, 1.807) is 12.3 Å². The molecule has 2 saturated heterocycles. The van der Waals surface area contributed by atoms with E-state index in [9.17, 15) is 5.11 Å². The number of aromatic amines is 1. The Morgan fingerprint density at radius 3 is 2.43 bits per heavy atom. The minimum absolute atomic E-state index is 0.241. The maximum atomic E-state index is 9.94. The zero-order valence-electron chi connectivity index (χ0n) is 19.5. The highest BCUT2D eigenvalue weighted by Crippen LogP contribution is 2.33. The van der Waals surface area contributed by atoms with Gasteiger partial charge in [-0.1, -0.05) is 48.0 Å². The minimum atomic E-state index is -0.634. The smallest absolute Gasteiger partial charge is 0.296 e. The van der Waals surface area contributed by atoms with E-state index in [1.165, 1.54) is 0 Å². The van der Waals surface area contributed by atoms with Gasteiger partial charge in [-0.3, -0.25) is 0 Å². The minimum Gasteiger partial charge on any atom is -0.456 e. The van der Waals surface area contributed by atoms with Gasteiger partial charge < -0.3 is 24.3 Å². The summed E-state index contributed by atoms with van der Waals surface area (Å²) < 4.78 is 19.1. The zero-order valence-corrected chi connectivity index (χ0v) is 20.2. The molecular formula is C27H22ClN5O4. The van der Waals surface area contributed by atoms with Crippen LogP contribution in [0.1, 0.15) is 0 Å². The molecule has 5 aromatic rings. The lowest BCUT2D eigenvalue weighted by atomic mass is 10.0. The van der Waals surface area contributed by atoms with Gasteiger partial charge in [0.15, 0.2) is 11.8 Å². The third-order valence-electron chi connectivity index (χ3n) is 6.78. The molecule has 0 amide bonds. The maximum Gasteiger partial charge on any atom is 0.296 e. The average molecular weight is 516 g/mol. The van der Waals surface area contributed by atoms with Crippen LogP contribution in [0.15, 0.2) is 73.1 Å². The summed E-state index contributed by atoms with van der Waals surface area (Å²) in [5, 5.41) is 14.7. The van der Waals surface area contributed by atoms with Crippen molar-refractivity contribution in [2.75, 3.05) is 13.2 Å². The summed E-state index contributed by atoms with van der Waals surface area (Å²) in [6.45, 7) is 0.562. The van der Waals surface area contributed by atoms with Crippen molar-refractivity contribution in [1.82, 2.24) is 24.7 Å². The number of aliphatic hydroxyl groups is 1. The largest absolute Gasteiger partial charge is 0.456 e. The van der Waals surface area contributed by atoms with Crippen LogP contribution in [0, 0.1) is 0 Å². The van der Waals surface area contributed by atoms with Crippen LogP contribution in [0.5, 0.6) is 6.01 Å². The summed E-state index contributed by atoms with van der Waals surface area (Å²) in [5.74, 6) is 0. The number of ether oxygens (including phenoxy) is 3. The average Bonchev–Trinajstić information content (AvgIpc) is 3.71. The fraction of sp³-hybridized carbons (Fsp3) is 0.222. The molecule has 2 aliphatic heterocycles. The van der Waals surface area contributed by atoms with Gasteiger partial charge in [0.2, 0.25) is 0 Å². The number of hydrogen-bond acceptors (Lipinski definition) is 7. The lowest BCUT2D eigenvalue weighted by molar-refractivity contribution is 0.00706. The van der Waals surface area contributed by atoms with Crippen molar-refractivity contribution in [2.45, 2.75) is 24.4 Å². The van der Waals surface area contributed by atoms with Crippen LogP contribution in [0.4, 0.5) is 0 Å². The molecule has 2 aromatic carbocycles. The second kappa shape index (κ2) is 8.97. The third kappa shape index (κ3) is 4.06. The molecule has 2 N–H and O–H groups in total. The highest BCUT2D eigenvalue weighted by atomic mass is 35.5. The van der Waals surface area contributed by atoms with E-state index >= 15 is 0 Å². The van der Waals surface area contributed by atoms with E-state index in [-0.39, 0.29) is 24.9 Å². The summed E-state index contributed by atoms with van der Waals surface area (Å²) in [4.78, 5) is 12.3. The monoisotopic (exact) mass is 515 g/mol. The summed E-state index contributed by atoms with van der Waals surface area (Å²) in [6, 6.07) is 20.3. The molecule has 3 aromatic heterocycles. The van der Waals surface area contributed by atoms with Crippen LogP contribution >= 0.6 is 11.6 Å². The number of pyridine rings is 1. The Morgan fingerprint density at radius 2 is 1.68 bits per heavy atom. The molecule has 186 valence electrons. The number of hydrogen-bond donors (Lipinski definition) is 2. The first-order chi connectivity index (χ1) is 18.1. The van der Waals surface area contributed by atoms with Gasteiger partial charge in [0.1, 0.15) is 18.3 Å². The summed E-state index contributed by atoms with van der Waals surface area (Å²) in [7, 11) is 0. The van der Waals surface area contributed by atoms with Crippen molar-refractivity contribution in [1.29, 1.82) is 0 Å². The molecule has 5 heterocycles. The van der Waals surface area contributed by atoms with Gasteiger partial charge >= 0.3 is 0 Å². The van der Waals surface area contributed by atoms with Gasteiger partial charge in [0, 0.05) is 18.0 Å². The van der Waals surface area contributed by atoms with Gasteiger partial charge in [0.05, 0.1) is 35.1 Å². The molecule has 0 saturated carbocycles. The number of halogens is 1. The van der Waals surface area contributed by atoms with E-state index in [4.69, 9.17) is 30.8 Å². The first-order valence-electron chi connectivity index (χ1n) is 12.0. The van der Waals surface area contributed by atoms with E-state index in [2.05, 4.69) is 27.2 Å². The highest BCUT2D eigenvalue weighted by molar-refractivity contribution is 6.33. The summed E-state index contributed by atoms with van der Waals surface area (Å²) >= 11 is 6.60. The number of fused-ring (bicyclic) bond motifs is 2.